The number of anilines is 1. The third-order valence-corrected chi connectivity index (χ3v) is 2.88. The number of oxime groups is 1. The Hall–Kier alpha value is -2.83. The highest BCUT2D eigenvalue weighted by Gasteiger charge is 2.19. The molecule has 0 aliphatic carbocycles. The first-order chi connectivity index (χ1) is 9.54. The van der Waals surface area contributed by atoms with Gasteiger partial charge < -0.3 is 20.4 Å². The highest BCUT2D eigenvalue weighted by Crippen LogP contribution is 2.20. The summed E-state index contributed by atoms with van der Waals surface area (Å²) in [7, 11) is 3.40. The number of nitrogens with two attached hydrogens (primary N) is 1. The number of rotatable bonds is 3. The standard InChI is InChI=1S/C13H15N5O2/c1-17-7-10(15-8-17)13(19)18(2)11-6-4-3-5-9(11)12(14)16-20/h3-8,20H,1-2H3,(H2,14,16). The molecule has 20 heavy (non-hydrogen) atoms. The predicted molar refractivity (Wildman–Crippen MR) is 74.9 cm³/mol. The van der Waals surface area contributed by atoms with Crippen LogP contribution in [-0.4, -0.2) is 33.5 Å². The Balaban J connectivity index is 2.39. The van der Waals surface area contributed by atoms with E-state index >= 15 is 0 Å². The van der Waals surface area contributed by atoms with E-state index in [1.54, 1.807) is 55.5 Å². The van der Waals surface area contributed by atoms with Gasteiger partial charge in [-0.05, 0) is 12.1 Å². The molecule has 3 N–H and O–H groups in total. The maximum absolute atomic E-state index is 12.3. The van der Waals surface area contributed by atoms with Gasteiger partial charge in [-0.2, -0.15) is 0 Å². The largest absolute Gasteiger partial charge is 0.409 e. The van der Waals surface area contributed by atoms with Gasteiger partial charge >= 0.3 is 0 Å². The Kier molecular flexibility index (Phi) is 3.69. The second-order valence-electron chi connectivity index (χ2n) is 4.29. The first-order valence-electron chi connectivity index (χ1n) is 5.87. The number of hydrogen-bond acceptors (Lipinski definition) is 4. The number of para-hydroxylation sites is 1. The normalized spacial score (nSPS) is 11.4. The average Bonchev–Trinajstić information content (AvgIpc) is 2.91. The second-order valence-corrected chi connectivity index (χ2v) is 4.29. The van der Waals surface area contributed by atoms with Gasteiger partial charge in [0, 0.05) is 25.9 Å². The van der Waals surface area contributed by atoms with E-state index in [2.05, 4.69) is 10.1 Å². The molecule has 0 unspecified atom stereocenters. The minimum absolute atomic E-state index is 0.0544. The van der Waals surface area contributed by atoms with Crippen molar-refractivity contribution in [3.05, 3.63) is 48.0 Å². The molecule has 0 spiro atoms. The molecule has 0 fully saturated rings. The fourth-order valence-corrected chi connectivity index (χ4v) is 1.84. The van der Waals surface area contributed by atoms with Crippen LogP contribution in [0.5, 0.6) is 0 Å². The summed E-state index contributed by atoms with van der Waals surface area (Å²) in [6.45, 7) is 0. The highest BCUT2D eigenvalue weighted by atomic mass is 16.4. The zero-order valence-corrected chi connectivity index (χ0v) is 11.2. The number of hydrogen-bond donors (Lipinski definition) is 2. The number of carbonyl (C=O) groups excluding carboxylic acids is 1. The first kappa shape index (κ1) is 13.6. The lowest BCUT2D eigenvalue weighted by molar-refractivity contribution is 0.0988. The van der Waals surface area contributed by atoms with E-state index in [0.717, 1.165) is 0 Å². The van der Waals surface area contributed by atoms with E-state index in [1.807, 2.05) is 0 Å². The zero-order valence-electron chi connectivity index (χ0n) is 11.2. The predicted octanol–water partition coefficient (Wildman–Crippen LogP) is 0.791. The van der Waals surface area contributed by atoms with Crippen LogP contribution < -0.4 is 10.6 Å². The van der Waals surface area contributed by atoms with Crippen LogP contribution in [0.4, 0.5) is 5.69 Å². The Bertz CT molecular complexity index is 662. The van der Waals surface area contributed by atoms with Gasteiger partial charge in [-0.1, -0.05) is 17.3 Å². The molecule has 0 atom stereocenters. The molecule has 1 heterocycles. The van der Waals surface area contributed by atoms with Crippen molar-refractivity contribution in [1.29, 1.82) is 0 Å². The van der Waals surface area contributed by atoms with Crippen molar-refractivity contribution in [3.8, 4) is 0 Å². The van der Waals surface area contributed by atoms with Crippen molar-refractivity contribution in [2.75, 3.05) is 11.9 Å². The van der Waals surface area contributed by atoms with Crippen molar-refractivity contribution in [1.82, 2.24) is 9.55 Å². The maximum atomic E-state index is 12.3. The number of aryl methyl sites for hydroxylation is 1. The maximum Gasteiger partial charge on any atom is 0.278 e. The first-order valence-corrected chi connectivity index (χ1v) is 5.87. The minimum atomic E-state index is -0.274. The molecule has 0 bridgehead atoms. The third-order valence-electron chi connectivity index (χ3n) is 2.88. The number of carbonyl (C=O) groups is 1. The van der Waals surface area contributed by atoms with Gasteiger partial charge in [0.2, 0.25) is 0 Å². The van der Waals surface area contributed by atoms with Gasteiger partial charge in [0.15, 0.2) is 5.84 Å². The van der Waals surface area contributed by atoms with Crippen molar-refractivity contribution in [2.24, 2.45) is 17.9 Å². The van der Waals surface area contributed by atoms with Crippen LogP contribution >= 0.6 is 0 Å². The van der Waals surface area contributed by atoms with Gasteiger partial charge in [-0.25, -0.2) is 4.98 Å². The monoisotopic (exact) mass is 273 g/mol. The van der Waals surface area contributed by atoms with Gasteiger partial charge in [-0.3, -0.25) is 4.79 Å². The molecule has 0 aliphatic rings. The molecule has 0 aliphatic heterocycles. The fourth-order valence-electron chi connectivity index (χ4n) is 1.84. The lowest BCUT2D eigenvalue weighted by atomic mass is 10.1. The molecule has 1 amide bonds. The van der Waals surface area contributed by atoms with Crippen LogP contribution in [0.15, 0.2) is 41.9 Å². The second kappa shape index (κ2) is 5.43. The van der Waals surface area contributed by atoms with Crippen LogP contribution in [0, 0.1) is 0 Å². The van der Waals surface area contributed by atoms with Crippen molar-refractivity contribution >= 4 is 17.4 Å². The summed E-state index contributed by atoms with van der Waals surface area (Å²) in [4.78, 5) is 17.8. The summed E-state index contributed by atoms with van der Waals surface area (Å²) in [6.07, 6.45) is 3.18. The van der Waals surface area contributed by atoms with Gasteiger partial charge in [0.1, 0.15) is 5.69 Å². The summed E-state index contributed by atoms with van der Waals surface area (Å²) in [5.74, 6) is -0.329. The summed E-state index contributed by atoms with van der Waals surface area (Å²) in [6, 6.07) is 6.91. The van der Waals surface area contributed by atoms with Crippen LogP contribution in [0.25, 0.3) is 0 Å². The molecule has 2 rings (SSSR count). The molecule has 0 saturated heterocycles. The van der Waals surface area contributed by atoms with E-state index in [-0.39, 0.29) is 11.7 Å². The summed E-state index contributed by atoms with van der Waals surface area (Å²) in [5, 5.41) is 11.8. The number of benzene rings is 1. The van der Waals surface area contributed by atoms with E-state index in [4.69, 9.17) is 10.9 Å². The van der Waals surface area contributed by atoms with Crippen molar-refractivity contribution in [3.63, 3.8) is 0 Å². The molecule has 0 saturated carbocycles. The Morgan fingerprint density at radius 1 is 1.45 bits per heavy atom. The van der Waals surface area contributed by atoms with E-state index in [0.29, 0.717) is 16.9 Å². The molecule has 7 heteroatoms. The number of nitrogens with zero attached hydrogens (tertiary/aromatic N) is 4. The lowest BCUT2D eigenvalue weighted by Gasteiger charge is -2.19. The number of imidazole rings is 1. The molecular formula is C13H15N5O2. The van der Waals surface area contributed by atoms with Crippen LogP contribution in [0.2, 0.25) is 0 Å². The van der Waals surface area contributed by atoms with E-state index in [1.165, 1.54) is 4.90 Å². The minimum Gasteiger partial charge on any atom is -0.409 e. The highest BCUT2D eigenvalue weighted by molar-refractivity contribution is 6.10. The molecule has 1 aromatic carbocycles. The third kappa shape index (κ3) is 2.46. The molecule has 0 radical (unpaired) electrons. The van der Waals surface area contributed by atoms with Crippen molar-refractivity contribution in [2.45, 2.75) is 0 Å². The molecule has 1 aromatic heterocycles. The fraction of sp³-hybridized carbons (Fsp3) is 0.154. The number of amidine groups is 1. The Morgan fingerprint density at radius 3 is 2.75 bits per heavy atom. The van der Waals surface area contributed by atoms with Crippen LogP contribution in [0.1, 0.15) is 16.1 Å². The number of aromatic nitrogens is 2. The topological polar surface area (TPSA) is 96.7 Å². The summed E-state index contributed by atoms with van der Waals surface area (Å²) >= 11 is 0. The van der Waals surface area contributed by atoms with Crippen LogP contribution in [0.3, 0.4) is 0 Å². The Morgan fingerprint density at radius 2 is 2.15 bits per heavy atom. The van der Waals surface area contributed by atoms with E-state index < -0.39 is 0 Å². The summed E-state index contributed by atoms with van der Waals surface area (Å²) < 4.78 is 1.69. The van der Waals surface area contributed by atoms with Gasteiger partial charge in [0.05, 0.1) is 12.0 Å². The lowest BCUT2D eigenvalue weighted by Crippen LogP contribution is -2.29. The molecule has 104 valence electrons. The van der Waals surface area contributed by atoms with Gasteiger partial charge in [-0.15, -0.1) is 0 Å². The SMILES string of the molecule is CN(C(=O)c1cn(C)cn1)c1ccccc1/C(N)=N/O. The van der Waals surface area contributed by atoms with E-state index in [9.17, 15) is 4.79 Å². The molecule has 7 nitrogen and oxygen atoms in total. The van der Waals surface area contributed by atoms with Crippen LogP contribution in [-0.2, 0) is 7.05 Å². The van der Waals surface area contributed by atoms with Crippen molar-refractivity contribution < 1.29 is 10.0 Å². The van der Waals surface area contributed by atoms with Gasteiger partial charge in [0.25, 0.3) is 5.91 Å². The summed E-state index contributed by atoms with van der Waals surface area (Å²) in [5.41, 5.74) is 6.96. The smallest absolute Gasteiger partial charge is 0.278 e. The quantitative estimate of drug-likeness (QED) is 0.374. The number of amides is 1. The average molecular weight is 273 g/mol. The zero-order chi connectivity index (χ0) is 14.7. The molecular weight excluding hydrogens is 258 g/mol. The Labute approximate surface area is 115 Å². The molecule has 2 aromatic rings.